The second-order valence-electron chi connectivity index (χ2n) is 8.13. The molecule has 0 unspecified atom stereocenters. The summed E-state index contributed by atoms with van der Waals surface area (Å²) in [5.74, 6) is 0.220. The van der Waals surface area contributed by atoms with Gasteiger partial charge >= 0.3 is 0 Å². The number of rotatable bonds is 9. The SMILES string of the molecule is O=C(CN1CCCNCC1)Nc1cc(Nc2cc(-c3cc(Cl)ccc3F)nnc2SCCO)ccn1. The maximum atomic E-state index is 14.4. The summed E-state index contributed by atoms with van der Waals surface area (Å²) in [4.78, 5) is 18.9. The van der Waals surface area contributed by atoms with Gasteiger partial charge in [0.05, 0.1) is 24.5 Å². The van der Waals surface area contributed by atoms with Gasteiger partial charge in [0.25, 0.3) is 0 Å². The highest BCUT2D eigenvalue weighted by atomic mass is 35.5. The van der Waals surface area contributed by atoms with E-state index in [4.69, 9.17) is 11.6 Å². The predicted molar refractivity (Wildman–Crippen MR) is 140 cm³/mol. The molecule has 1 fully saturated rings. The molecule has 36 heavy (non-hydrogen) atoms. The van der Waals surface area contributed by atoms with Gasteiger partial charge in [0.2, 0.25) is 5.91 Å². The zero-order valence-electron chi connectivity index (χ0n) is 19.5. The van der Waals surface area contributed by atoms with Crippen LogP contribution in [0.4, 0.5) is 21.6 Å². The molecule has 0 bridgehead atoms. The molecule has 3 aromatic rings. The number of carbonyl (C=O) groups is 1. The molecule has 0 spiro atoms. The summed E-state index contributed by atoms with van der Waals surface area (Å²) in [7, 11) is 0. The van der Waals surface area contributed by atoms with E-state index in [9.17, 15) is 14.3 Å². The Morgan fingerprint density at radius 2 is 2.08 bits per heavy atom. The van der Waals surface area contributed by atoms with Gasteiger partial charge in [0, 0.05) is 47.4 Å². The lowest BCUT2D eigenvalue weighted by atomic mass is 10.1. The van der Waals surface area contributed by atoms with E-state index >= 15 is 0 Å². The first-order chi connectivity index (χ1) is 17.5. The van der Waals surface area contributed by atoms with Gasteiger partial charge < -0.3 is 21.1 Å². The molecular formula is C24H27ClFN7O2S. The van der Waals surface area contributed by atoms with Crippen LogP contribution in [0.1, 0.15) is 6.42 Å². The standard InChI is InChI=1S/C24H27ClFN7O2S/c25-16-2-3-19(26)18(12-16)20-14-21(24(32-31-20)36-11-10-34)29-17-4-6-28-22(13-17)30-23(35)15-33-8-1-5-27-7-9-33/h2-4,6,12-14,27,34H,1,5,7-11,15H2,(H2,28,29,30,31,35). The van der Waals surface area contributed by atoms with Crippen LogP contribution in [-0.4, -0.2) is 76.2 Å². The summed E-state index contributed by atoms with van der Waals surface area (Å²) in [5.41, 5.74) is 1.75. The number of nitrogens with zero attached hydrogens (tertiary/aromatic N) is 4. The van der Waals surface area contributed by atoms with Crippen molar-refractivity contribution in [2.45, 2.75) is 11.4 Å². The molecule has 4 N–H and O–H groups in total. The summed E-state index contributed by atoms with van der Waals surface area (Å²) in [6, 6.07) is 9.37. The highest BCUT2D eigenvalue weighted by molar-refractivity contribution is 7.99. The van der Waals surface area contributed by atoms with Gasteiger partial charge in [-0.3, -0.25) is 9.69 Å². The van der Waals surface area contributed by atoms with Gasteiger partial charge in [-0.1, -0.05) is 11.6 Å². The lowest BCUT2D eigenvalue weighted by Gasteiger charge is -2.18. The summed E-state index contributed by atoms with van der Waals surface area (Å²) in [5, 5.41) is 28.0. The minimum absolute atomic E-state index is 0.0328. The van der Waals surface area contributed by atoms with Gasteiger partial charge in [-0.05, 0) is 49.8 Å². The molecule has 0 radical (unpaired) electrons. The van der Waals surface area contributed by atoms with Crippen LogP contribution in [0.2, 0.25) is 5.02 Å². The van der Waals surface area contributed by atoms with Crippen LogP contribution in [0.15, 0.2) is 47.6 Å². The minimum Gasteiger partial charge on any atom is -0.396 e. The number of benzene rings is 1. The first kappa shape index (κ1) is 26.2. The molecule has 1 aromatic carbocycles. The molecule has 9 nitrogen and oxygen atoms in total. The van der Waals surface area contributed by atoms with E-state index in [2.05, 4.69) is 36.0 Å². The predicted octanol–water partition coefficient (Wildman–Crippen LogP) is 3.39. The Bertz CT molecular complexity index is 1190. The van der Waals surface area contributed by atoms with Crippen LogP contribution in [0.25, 0.3) is 11.3 Å². The molecule has 0 saturated carbocycles. The number of carbonyl (C=O) groups excluding carboxylic acids is 1. The van der Waals surface area contributed by atoms with E-state index in [0.717, 1.165) is 32.6 Å². The summed E-state index contributed by atoms with van der Waals surface area (Å²) < 4.78 is 14.4. The van der Waals surface area contributed by atoms with E-state index in [-0.39, 0.29) is 18.1 Å². The lowest BCUT2D eigenvalue weighted by molar-refractivity contribution is -0.117. The Morgan fingerprint density at radius 3 is 2.94 bits per heavy atom. The van der Waals surface area contributed by atoms with Crippen LogP contribution in [0.3, 0.4) is 0 Å². The number of pyridine rings is 1. The molecule has 190 valence electrons. The van der Waals surface area contributed by atoms with Crippen LogP contribution < -0.4 is 16.0 Å². The highest BCUT2D eigenvalue weighted by Gasteiger charge is 2.15. The van der Waals surface area contributed by atoms with Crippen molar-refractivity contribution >= 4 is 46.5 Å². The Balaban J connectivity index is 1.52. The van der Waals surface area contributed by atoms with Gasteiger partial charge in [0.1, 0.15) is 16.7 Å². The third kappa shape index (κ3) is 7.34. The number of nitrogens with one attached hydrogen (secondary N) is 3. The quantitative estimate of drug-likeness (QED) is 0.308. The number of aliphatic hydroxyl groups excluding tert-OH is 1. The van der Waals surface area contributed by atoms with Crippen molar-refractivity contribution in [3.05, 3.63) is 53.4 Å². The molecule has 1 amide bonds. The summed E-state index contributed by atoms with van der Waals surface area (Å²) in [6.45, 7) is 3.78. The zero-order chi connectivity index (χ0) is 25.3. The normalized spacial score (nSPS) is 14.3. The highest BCUT2D eigenvalue weighted by Crippen LogP contribution is 2.32. The van der Waals surface area contributed by atoms with Crippen LogP contribution in [0, 0.1) is 5.82 Å². The molecule has 2 aromatic heterocycles. The molecular weight excluding hydrogens is 505 g/mol. The number of hydrogen-bond acceptors (Lipinski definition) is 9. The van der Waals surface area contributed by atoms with Crippen molar-refractivity contribution in [1.82, 2.24) is 25.4 Å². The Hall–Kier alpha value is -2.83. The number of hydrogen-bond donors (Lipinski definition) is 4. The lowest BCUT2D eigenvalue weighted by Crippen LogP contribution is -2.35. The van der Waals surface area contributed by atoms with Crippen molar-refractivity contribution in [2.75, 3.05) is 55.7 Å². The average molecular weight is 532 g/mol. The monoisotopic (exact) mass is 531 g/mol. The fraction of sp³-hybridized carbons (Fsp3) is 0.333. The van der Waals surface area contributed by atoms with E-state index in [1.165, 1.54) is 30.0 Å². The summed E-state index contributed by atoms with van der Waals surface area (Å²) >= 11 is 7.37. The fourth-order valence-electron chi connectivity index (χ4n) is 3.72. The largest absolute Gasteiger partial charge is 0.396 e. The third-order valence-corrected chi connectivity index (χ3v) is 6.60. The maximum Gasteiger partial charge on any atom is 0.239 e. The minimum atomic E-state index is -0.468. The van der Waals surface area contributed by atoms with E-state index in [0.29, 0.717) is 45.2 Å². The second-order valence-corrected chi connectivity index (χ2v) is 9.65. The van der Waals surface area contributed by atoms with Crippen molar-refractivity contribution in [3.63, 3.8) is 0 Å². The Morgan fingerprint density at radius 1 is 1.19 bits per heavy atom. The smallest absolute Gasteiger partial charge is 0.239 e. The Labute approximate surface area is 217 Å². The topological polar surface area (TPSA) is 115 Å². The average Bonchev–Trinajstić information content (AvgIpc) is 3.13. The van der Waals surface area contributed by atoms with Crippen LogP contribution in [0.5, 0.6) is 0 Å². The first-order valence-electron chi connectivity index (χ1n) is 11.5. The van der Waals surface area contributed by atoms with Crippen molar-refractivity contribution in [3.8, 4) is 11.3 Å². The van der Waals surface area contributed by atoms with E-state index in [1.807, 2.05) is 0 Å². The summed E-state index contributed by atoms with van der Waals surface area (Å²) in [6.07, 6.45) is 2.59. The number of amides is 1. The third-order valence-electron chi connectivity index (χ3n) is 5.40. The second kappa shape index (κ2) is 12.9. The number of thioether (sulfide) groups is 1. The number of halogens is 2. The molecule has 4 rings (SSSR count). The van der Waals surface area contributed by atoms with Gasteiger partial charge in [-0.25, -0.2) is 9.37 Å². The van der Waals surface area contributed by atoms with Crippen molar-refractivity contribution < 1.29 is 14.3 Å². The van der Waals surface area contributed by atoms with Gasteiger partial charge in [-0.2, -0.15) is 0 Å². The van der Waals surface area contributed by atoms with E-state index < -0.39 is 5.82 Å². The molecule has 0 atom stereocenters. The molecule has 12 heteroatoms. The van der Waals surface area contributed by atoms with Crippen LogP contribution in [-0.2, 0) is 4.79 Å². The van der Waals surface area contributed by atoms with Gasteiger partial charge in [-0.15, -0.1) is 22.0 Å². The fourth-order valence-corrected chi connectivity index (χ4v) is 4.54. The van der Waals surface area contributed by atoms with Crippen molar-refractivity contribution in [2.24, 2.45) is 0 Å². The maximum absolute atomic E-state index is 14.4. The van der Waals surface area contributed by atoms with Crippen LogP contribution >= 0.6 is 23.4 Å². The Kier molecular flexibility index (Phi) is 9.42. The number of aliphatic hydroxyl groups is 1. The van der Waals surface area contributed by atoms with Gasteiger partial charge in [0.15, 0.2) is 0 Å². The molecule has 1 saturated heterocycles. The molecule has 1 aliphatic heterocycles. The van der Waals surface area contributed by atoms with Crippen molar-refractivity contribution in [1.29, 1.82) is 0 Å². The first-order valence-corrected chi connectivity index (χ1v) is 12.9. The molecule has 0 aliphatic carbocycles. The number of aromatic nitrogens is 3. The zero-order valence-corrected chi connectivity index (χ0v) is 21.1. The molecule has 3 heterocycles. The molecule has 1 aliphatic rings. The van der Waals surface area contributed by atoms with E-state index in [1.54, 1.807) is 24.4 Å². The number of anilines is 3.